The maximum Gasteiger partial charge on any atom is 0.140 e. The average molecular weight is 244 g/mol. The number of para-hydroxylation sites is 1. The number of nitrogens with zero attached hydrogens (tertiary/aromatic N) is 2. The molecule has 4 heteroatoms. The standard InChI is InChI=1S/C14H20N4/c1-2-14(10-16)11-17-7-8-18(14)13-6-4-3-5-12(13)9-15/h3-6,17H,2,7-9,11,15H2,1H3. The minimum atomic E-state index is -0.455. The fourth-order valence-corrected chi connectivity index (χ4v) is 2.59. The van der Waals surface area contributed by atoms with Gasteiger partial charge in [0.25, 0.3) is 0 Å². The normalized spacial score (nSPS) is 23.7. The zero-order chi connectivity index (χ0) is 13.0. The minimum absolute atomic E-state index is 0.455. The molecule has 0 amide bonds. The molecule has 1 heterocycles. The number of nitrogens with two attached hydrogens (primary N) is 1. The van der Waals surface area contributed by atoms with E-state index in [-0.39, 0.29) is 0 Å². The highest BCUT2D eigenvalue weighted by Crippen LogP contribution is 2.30. The van der Waals surface area contributed by atoms with Crippen LogP contribution in [0.5, 0.6) is 0 Å². The van der Waals surface area contributed by atoms with Crippen molar-refractivity contribution >= 4 is 5.69 Å². The highest BCUT2D eigenvalue weighted by atomic mass is 15.3. The largest absolute Gasteiger partial charge is 0.351 e. The zero-order valence-electron chi connectivity index (χ0n) is 10.8. The van der Waals surface area contributed by atoms with Crippen LogP contribution in [0.25, 0.3) is 0 Å². The van der Waals surface area contributed by atoms with Crippen LogP contribution in [0.3, 0.4) is 0 Å². The lowest BCUT2D eigenvalue weighted by molar-refractivity contribution is 0.388. The lowest BCUT2D eigenvalue weighted by atomic mass is 9.91. The molecule has 1 unspecified atom stereocenters. The molecule has 0 saturated carbocycles. The number of benzene rings is 1. The van der Waals surface area contributed by atoms with Gasteiger partial charge in [-0.05, 0) is 18.1 Å². The first kappa shape index (κ1) is 12.9. The van der Waals surface area contributed by atoms with Gasteiger partial charge in [0.05, 0.1) is 6.07 Å². The molecule has 1 aliphatic heterocycles. The quantitative estimate of drug-likeness (QED) is 0.839. The van der Waals surface area contributed by atoms with E-state index in [0.29, 0.717) is 13.1 Å². The Labute approximate surface area is 108 Å². The third-order valence-electron chi connectivity index (χ3n) is 3.74. The molecule has 18 heavy (non-hydrogen) atoms. The fourth-order valence-electron chi connectivity index (χ4n) is 2.59. The predicted molar refractivity (Wildman–Crippen MR) is 73.2 cm³/mol. The van der Waals surface area contributed by atoms with Crippen molar-refractivity contribution in [2.45, 2.75) is 25.4 Å². The van der Waals surface area contributed by atoms with Gasteiger partial charge in [-0.25, -0.2) is 0 Å². The Morgan fingerprint density at radius 2 is 2.28 bits per heavy atom. The maximum atomic E-state index is 9.57. The molecule has 2 rings (SSSR count). The summed E-state index contributed by atoms with van der Waals surface area (Å²) in [5, 5.41) is 12.9. The first-order chi connectivity index (χ1) is 8.77. The molecule has 0 spiro atoms. The summed E-state index contributed by atoms with van der Waals surface area (Å²) in [6.07, 6.45) is 0.801. The second kappa shape index (κ2) is 5.38. The number of anilines is 1. The van der Waals surface area contributed by atoms with Crippen molar-refractivity contribution in [3.63, 3.8) is 0 Å². The van der Waals surface area contributed by atoms with Gasteiger partial charge in [-0.2, -0.15) is 5.26 Å². The SMILES string of the molecule is CCC1(C#N)CNCCN1c1ccccc1CN. The lowest BCUT2D eigenvalue weighted by Crippen LogP contribution is -2.60. The number of hydrogen-bond donors (Lipinski definition) is 2. The molecule has 0 aromatic heterocycles. The van der Waals surface area contributed by atoms with E-state index in [0.717, 1.165) is 30.8 Å². The van der Waals surface area contributed by atoms with Crippen molar-refractivity contribution in [3.8, 4) is 6.07 Å². The molecule has 3 N–H and O–H groups in total. The van der Waals surface area contributed by atoms with Crippen LogP contribution in [-0.4, -0.2) is 25.2 Å². The van der Waals surface area contributed by atoms with E-state index in [4.69, 9.17) is 5.73 Å². The van der Waals surface area contributed by atoms with Crippen LogP contribution >= 0.6 is 0 Å². The summed E-state index contributed by atoms with van der Waals surface area (Å²) in [6.45, 7) is 5.03. The maximum absolute atomic E-state index is 9.57. The first-order valence-corrected chi connectivity index (χ1v) is 6.45. The van der Waals surface area contributed by atoms with Crippen LogP contribution in [-0.2, 0) is 6.54 Å². The monoisotopic (exact) mass is 244 g/mol. The Bertz CT molecular complexity index is 451. The summed E-state index contributed by atoms with van der Waals surface area (Å²) >= 11 is 0. The smallest absolute Gasteiger partial charge is 0.140 e. The number of nitrogens with one attached hydrogen (secondary N) is 1. The molecule has 4 nitrogen and oxygen atoms in total. The second-order valence-corrected chi connectivity index (χ2v) is 4.66. The van der Waals surface area contributed by atoms with E-state index in [1.807, 2.05) is 18.2 Å². The fraction of sp³-hybridized carbons (Fsp3) is 0.500. The van der Waals surface area contributed by atoms with E-state index >= 15 is 0 Å². The lowest BCUT2D eigenvalue weighted by Gasteiger charge is -2.44. The van der Waals surface area contributed by atoms with Crippen molar-refractivity contribution in [2.24, 2.45) is 5.73 Å². The van der Waals surface area contributed by atoms with Gasteiger partial charge in [-0.3, -0.25) is 0 Å². The number of nitriles is 1. The number of piperazine rings is 1. The first-order valence-electron chi connectivity index (χ1n) is 6.45. The molecule has 96 valence electrons. The summed E-state index contributed by atoms with van der Waals surface area (Å²) in [5.74, 6) is 0. The molecular formula is C14H20N4. The molecular weight excluding hydrogens is 224 g/mol. The molecule has 0 radical (unpaired) electrons. The molecule has 1 aromatic carbocycles. The summed E-state index contributed by atoms with van der Waals surface area (Å²) < 4.78 is 0. The van der Waals surface area contributed by atoms with Gasteiger partial charge >= 0.3 is 0 Å². The molecule has 1 aromatic rings. The summed E-state index contributed by atoms with van der Waals surface area (Å²) in [7, 11) is 0. The summed E-state index contributed by atoms with van der Waals surface area (Å²) in [5.41, 5.74) is 7.55. The Morgan fingerprint density at radius 3 is 2.94 bits per heavy atom. The number of rotatable bonds is 3. The van der Waals surface area contributed by atoms with Crippen LogP contribution in [0.4, 0.5) is 5.69 Å². The average Bonchev–Trinajstić information content (AvgIpc) is 2.47. The van der Waals surface area contributed by atoms with E-state index in [1.165, 1.54) is 0 Å². The number of hydrogen-bond acceptors (Lipinski definition) is 4. The predicted octanol–water partition coefficient (Wildman–Crippen LogP) is 1.23. The van der Waals surface area contributed by atoms with E-state index in [1.54, 1.807) is 0 Å². The highest BCUT2D eigenvalue weighted by Gasteiger charge is 2.38. The second-order valence-electron chi connectivity index (χ2n) is 4.66. The van der Waals surface area contributed by atoms with E-state index < -0.39 is 5.54 Å². The van der Waals surface area contributed by atoms with Crippen LogP contribution in [0.1, 0.15) is 18.9 Å². The third kappa shape index (κ3) is 2.07. The van der Waals surface area contributed by atoms with Crippen LogP contribution < -0.4 is 16.0 Å². The molecule has 0 aliphatic carbocycles. The molecule has 1 saturated heterocycles. The highest BCUT2D eigenvalue weighted by molar-refractivity contribution is 5.58. The Morgan fingerprint density at radius 1 is 1.50 bits per heavy atom. The Balaban J connectivity index is 2.43. The topological polar surface area (TPSA) is 65.1 Å². The summed E-state index contributed by atoms with van der Waals surface area (Å²) in [4.78, 5) is 2.21. The molecule has 1 aliphatic rings. The van der Waals surface area contributed by atoms with Gasteiger partial charge in [0.2, 0.25) is 0 Å². The molecule has 0 bridgehead atoms. The van der Waals surface area contributed by atoms with Crippen molar-refractivity contribution in [1.29, 1.82) is 5.26 Å². The zero-order valence-corrected chi connectivity index (χ0v) is 10.8. The van der Waals surface area contributed by atoms with Gasteiger partial charge in [0.15, 0.2) is 0 Å². The van der Waals surface area contributed by atoms with Gasteiger partial charge in [0, 0.05) is 31.9 Å². The molecule has 1 atom stereocenters. The molecule has 1 fully saturated rings. The Hall–Kier alpha value is -1.57. The van der Waals surface area contributed by atoms with Crippen molar-refractivity contribution in [1.82, 2.24) is 5.32 Å². The summed E-state index contributed by atoms with van der Waals surface area (Å²) in [6, 6.07) is 10.6. The van der Waals surface area contributed by atoms with Crippen LogP contribution in [0.15, 0.2) is 24.3 Å². The van der Waals surface area contributed by atoms with Crippen LogP contribution in [0, 0.1) is 11.3 Å². The van der Waals surface area contributed by atoms with Crippen molar-refractivity contribution in [2.75, 3.05) is 24.5 Å². The van der Waals surface area contributed by atoms with Gasteiger partial charge in [-0.15, -0.1) is 0 Å². The van der Waals surface area contributed by atoms with Crippen molar-refractivity contribution < 1.29 is 0 Å². The van der Waals surface area contributed by atoms with Crippen molar-refractivity contribution in [3.05, 3.63) is 29.8 Å². The van der Waals surface area contributed by atoms with E-state index in [2.05, 4.69) is 29.3 Å². The third-order valence-corrected chi connectivity index (χ3v) is 3.74. The van der Waals surface area contributed by atoms with Gasteiger partial charge in [0.1, 0.15) is 5.54 Å². The van der Waals surface area contributed by atoms with Gasteiger partial charge < -0.3 is 16.0 Å². The minimum Gasteiger partial charge on any atom is -0.351 e. The van der Waals surface area contributed by atoms with E-state index in [9.17, 15) is 5.26 Å². The Kier molecular flexibility index (Phi) is 3.85. The van der Waals surface area contributed by atoms with Crippen LogP contribution in [0.2, 0.25) is 0 Å². The van der Waals surface area contributed by atoms with Gasteiger partial charge in [-0.1, -0.05) is 25.1 Å².